The Morgan fingerprint density at radius 3 is 2.56 bits per heavy atom. The van der Waals surface area contributed by atoms with Gasteiger partial charge in [-0.1, -0.05) is 36.4 Å². The molecule has 2 aliphatic heterocycles. The molecule has 0 radical (unpaired) electrons. The Kier molecular flexibility index (Phi) is 8.03. The third-order valence-corrected chi connectivity index (χ3v) is 8.24. The summed E-state index contributed by atoms with van der Waals surface area (Å²) in [5.41, 5.74) is 4.36. The predicted octanol–water partition coefficient (Wildman–Crippen LogP) is 2.05. The quantitative estimate of drug-likeness (QED) is 0.597. The van der Waals surface area contributed by atoms with Crippen LogP contribution in [0.4, 0.5) is 0 Å². The molecule has 1 unspecified atom stereocenters. The Hall–Kier alpha value is -2.26. The maximum atomic E-state index is 12.7. The monoisotopic (exact) mass is 485 g/mol. The number of nitrogens with one attached hydrogen (secondary N) is 1. The zero-order chi connectivity index (χ0) is 24.1. The summed E-state index contributed by atoms with van der Waals surface area (Å²) in [6.45, 7) is 3.60. The molecule has 2 heterocycles. The van der Waals surface area contributed by atoms with Gasteiger partial charge >= 0.3 is 0 Å². The second kappa shape index (κ2) is 11.0. The van der Waals surface area contributed by atoms with Crippen molar-refractivity contribution in [3.63, 3.8) is 0 Å². The molecule has 1 fully saturated rings. The van der Waals surface area contributed by atoms with Crippen LogP contribution in [0.2, 0.25) is 0 Å². The lowest BCUT2D eigenvalue weighted by Crippen LogP contribution is -2.42. The van der Waals surface area contributed by atoms with Gasteiger partial charge in [-0.25, -0.2) is 12.7 Å². The number of amides is 1. The van der Waals surface area contributed by atoms with Gasteiger partial charge in [0.25, 0.3) is 5.91 Å². The summed E-state index contributed by atoms with van der Waals surface area (Å²) >= 11 is 0. The van der Waals surface area contributed by atoms with Crippen molar-refractivity contribution < 1.29 is 18.3 Å². The molecular weight excluding hydrogens is 450 g/mol. The number of β-amino-alcohol motifs (C(OH)–C–C–N with tert-alkyl or cyclic N) is 1. The molecular formula is C26H35N3O4S. The summed E-state index contributed by atoms with van der Waals surface area (Å²) in [5, 5.41) is 13.4. The summed E-state index contributed by atoms with van der Waals surface area (Å²) in [6, 6.07) is 16.0. The molecule has 8 heteroatoms. The van der Waals surface area contributed by atoms with Crippen LogP contribution in [-0.2, 0) is 29.4 Å². The van der Waals surface area contributed by atoms with Gasteiger partial charge < -0.3 is 10.4 Å². The van der Waals surface area contributed by atoms with Crippen LogP contribution in [0.5, 0.6) is 0 Å². The Bertz CT molecular complexity index is 1100. The Balaban J connectivity index is 1.23. The molecule has 4 rings (SSSR count). The maximum absolute atomic E-state index is 12.7. The van der Waals surface area contributed by atoms with Crippen LogP contribution in [0.3, 0.4) is 0 Å². The van der Waals surface area contributed by atoms with E-state index >= 15 is 0 Å². The van der Waals surface area contributed by atoms with Gasteiger partial charge in [-0.15, -0.1) is 0 Å². The number of piperidine rings is 1. The first-order chi connectivity index (χ1) is 16.3. The molecule has 0 saturated carbocycles. The van der Waals surface area contributed by atoms with Crippen LogP contribution in [-0.4, -0.2) is 73.7 Å². The molecule has 2 aromatic rings. The van der Waals surface area contributed by atoms with E-state index in [4.69, 9.17) is 0 Å². The minimum Gasteiger partial charge on any atom is -0.390 e. The molecule has 2 aromatic carbocycles. The van der Waals surface area contributed by atoms with Crippen molar-refractivity contribution in [2.24, 2.45) is 5.92 Å². The molecule has 184 valence electrons. The summed E-state index contributed by atoms with van der Waals surface area (Å²) < 4.78 is 24.9. The number of nitrogens with zero attached hydrogens (tertiary/aromatic N) is 2. The van der Waals surface area contributed by atoms with Crippen molar-refractivity contribution in [2.75, 3.05) is 39.0 Å². The molecule has 7 nitrogen and oxygen atoms in total. The van der Waals surface area contributed by atoms with E-state index < -0.39 is 16.1 Å². The summed E-state index contributed by atoms with van der Waals surface area (Å²) in [4.78, 5) is 14.9. The molecule has 0 aromatic heterocycles. The fourth-order valence-corrected chi connectivity index (χ4v) is 5.88. The number of hydrogen-bond donors (Lipinski definition) is 2. The first-order valence-electron chi connectivity index (χ1n) is 12.1. The standard InChI is InChI=1S/C26H35N3O4S/c1-34(32,33)29-13-9-20(10-14-29)15-21-5-4-8-23(16-21)26(31)27-17-25(30)19-28-12-11-22-6-2-3-7-24(22)18-28/h2-8,16,20,25,30H,9-15,17-19H2,1H3,(H,27,31). The number of sulfonamides is 1. The molecule has 34 heavy (non-hydrogen) atoms. The number of hydrogen-bond acceptors (Lipinski definition) is 5. The molecule has 1 amide bonds. The first-order valence-corrected chi connectivity index (χ1v) is 13.9. The van der Waals surface area contributed by atoms with Gasteiger partial charge in [0.05, 0.1) is 12.4 Å². The van der Waals surface area contributed by atoms with Gasteiger partial charge in [-0.3, -0.25) is 9.69 Å². The maximum Gasteiger partial charge on any atom is 0.251 e. The lowest BCUT2D eigenvalue weighted by Gasteiger charge is -2.30. The highest BCUT2D eigenvalue weighted by atomic mass is 32.2. The zero-order valence-electron chi connectivity index (χ0n) is 19.8. The summed E-state index contributed by atoms with van der Waals surface area (Å²) in [7, 11) is -3.12. The lowest BCUT2D eigenvalue weighted by molar-refractivity contribution is 0.0841. The zero-order valence-corrected chi connectivity index (χ0v) is 20.6. The van der Waals surface area contributed by atoms with Crippen molar-refractivity contribution >= 4 is 15.9 Å². The van der Waals surface area contributed by atoms with E-state index in [0.29, 0.717) is 31.1 Å². The molecule has 2 N–H and O–H groups in total. The second-order valence-corrected chi connectivity index (χ2v) is 11.6. The van der Waals surface area contributed by atoms with Crippen molar-refractivity contribution in [1.82, 2.24) is 14.5 Å². The highest BCUT2D eigenvalue weighted by Crippen LogP contribution is 2.23. The van der Waals surface area contributed by atoms with E-state index in [2.05, 4.69) is 28.4 Å². The van der Waals surface area contributed by atoms with Gasteiger partial charge in [-0.05, 0) is 60.4 Å². The highest BCUT2D eigenvalue weighted by molar-refractivity contribution is 7.88. The molecule has 0 bridgehead atoms. The van der Waals surface area contributed by atoms with E-state index in [9.17, 15) is 18.3 Å². The van der Waals surface area contributed by atoms with E-state index in [0.717, 1.165) is 44.3 Å². The van der Waals surface area contributed by atoms with Gasteiger partial charge in [0.15, 0.2) is 0 Å². The van der Waals surface area contributed by atoms with E-state index in [1.165, 1.54) is 17.4 Å². The van der Waals surface area contributed by atoms with Crippen molar-refractivity contribution in [1.29, 1.82) is 0 Å². The van der Waals surface area contributed by atoms with Crippen LogP contribution >= 0.6 is 0 Å². The predicted molar refractivity (Wildman–Crippen MR) is 133 cm³/mol. The fourth-order valence-electron chi connectivity index (χ4n) is 5.00. The van der Waals surface area contributed by atoms with Crippen molar-refractivity contribution in [3.8, 4) is 0 Å². The molecule has 1 atom stereocenters. The topological polar surface area (TPSA) is 90.0 Å². The van der Waals surface area contributed by atoms with Gasteiger partial charge in [0, 0.05) is 44.8 Å². The Morgan fingerprint density at radius 2 is 1.82 bits per heavy atom. The average Bonchev–Trinajstić information content (AvgIpc) is 2.82. The first kappa shape index (κ1) is 24.9. The normalized spacial score (nSPS) is 18.9. The number of rotatable bonds is 8. The van der Waals surface area contributed by atoms with E-state index in [1.54, 1.807) is 10.4 Å². The lowest BCUT2D eigenvalue weighted by atomic mass is 9.90. The van der Waals surface area contributed by atoms with Crippen LogP contribution < -0.4 is 5.32 Å². The van der Waals surface area contributed by atoms with Crippen molar-refractivity contribution in [2.45, 2.75) is 38.3 Å². The number of carbonyl (C=O) groups is 1. The Morgan fingerprint density at radius 1 is 1.09 bits per heavy atom. The summed E-state index contributed by atoms with van der Waals surface area (Å²) in [5.74, 6) is 0.226. The Labute approximate surface area is 202 Å². The number of benzene rings is 2. The van der Waals surface area contributed by atoms with Crippen LogP contribution in [0, 0.1) is 5.92 Å². The second-order valence-electron chi connectivity index (χ2n) is 9.63. The number of fused-ring (bicyclic) bond motifs is 1. The largest absolute Gasteiger partial charge is 0.390 e. The van der Waals surface area contributed by atoms with Gasteiger partial charge in [0.1, 0.15) is 0 Å². The summed E-state index contributed by atoms with van der Waals surface area (Å²) in [6.07, 6.45) is 4.11. The van der Waals surface area contributed by atoms with E-state index in [-0.39, 0.29) is 12.5 Å². The number of carbonyl (C=O) groups excluding carboxylic acids is 1. The third kappa shape index (κ3) is 6.66. The van der Waals surface area contributed by atoms with E-state index in [1.807, 2.05) is 24.3 Å². The SMILES string of the molecule is CS(=O)(=O)N1CCC(Cc2cccc(C(=O)NCC(O)CN3CCc4ccccc4C3)c2)CC1. The minimum atomic E-state index is -3.12. The highest BCUT2D eigenvalue weighted by Gasteiger charge is 2.25. The van der Waals surface area contributed by atoms with Crippen LogP contribution in [0.25, 0.3) is 0 Å². The fraction of sp³-hybridized carbons (Fsp3) is 0.500. The molecule has 1 saturated heterocycles. The third-order valence-electron chi connectivity index (χ3n) is 6.93. The number of aliphatic hydroxyl groups is 1. The molecule has 2 aliphatic rings. The van der Waals surface area contributed by atoms with Crippen LogP contribution in [0.1, 0.15) is 39.9 Å². The number of aliphatic hydroxyl groups excluding tert-OH is 1. The molecule has 0 aliphatic carbocycles. The smallest absolute Gasteiger partial charge is 0.251 e. The van der Waals surface area contributed by atoms with Gasteiger partial charge in [0.2, 0.25) is 10.0 Å². The van der Waals surface area contributed by atoms with Crippen LogP contribution in [0.15, 0.2) is 48.5 Å². The minimum absolute atomic E-state index is 0.184. The molecule has 0 spiro atoms. The average molecular weight is 486 g/mol. The van der Waals surface area contributed by atoms with Gasteiger partial charge in [-0.2, -0.15) is 0 Å². The van der Waals surface area contributed by atoms with Crippen molar-refractivity contribution in [3.05, 3.63) is 70.8 Å².